The van der Waals surface area contributed by atoms with Crippen molar-refractivity contribution in [3.05, 3.63) is 119 Å². The monoisotopic (exact) mass is 1040 g/mol. The zero-order chi connectivity index (χ0) is 55.4. The number of aromatic hydroxyl groups is 1. The summed E-state index contributed by atoms with van der Waals surface area (Å²) in [5.74, 6) is -10.2. The van der Waals surface area contributed by atoms with E-state index >= 15 is 0 Å². The maximum Gasteiger partial charge on any atom is 0.331 e. The van der Waals surface area contributed by atoms with E-state index in [-0.39, 0.29) is 30.1 Å². The molecule has 402 valence electrons. The van der Waals surface area contributed by atoms with Gasteiger partial charge in [-0.3, -0.25) is 38.4 Å². The van der Waals surface area contributed by atoms with Gasteiger partial charge in [-0.2, -0.15) is 0 Å². The third-order valence-electron chi connectivity index (χ3n) is 11.8. The smallest absolute Gasteiger partial charge is 0.331 e. The Hall–Kier alpha value is -8.17. The zero-order valence-corrected chi connectivity index (χ0v) is 42.8. The third kappa shape index (κ3) is 18.4. The van der Waals surface area contributed by atoms with E-state index < -0.39 is 120 Å². The molecule has 0 bridgehead atoms. The number of primary amides is 1. The molecule has 8 unspecified atom stereocenters. The number of hydrogen-bond acceptors (Lipinski definition) is 13. The normalized spacial score (nSPS) is 22.3. The lowest BCUT2D eigenvalue weighted by molar-refractivity contribution is -0.150. The van der Waals surface area contributed by atoms with Crippen molar-refractivity contribution in [2.24, 2.45) is 11.7 Å². The fourth-order valence-electron chi connectivity index (χ4n) is 7.71. The van der Waals surface area contributed by atoms with E-state index in [4.69, 9.17) is 10.5 Å². The maximum atomic E-state index is 14.9. The number of allylic oxidation sites excluding steroid dienone is 1. The van der Waals surface area contributed by atoms with E-state index in [1.165, 1.54) is 50.4 Å². The molecule has 0 spiro atoms. The summed E-state index contributed by atoms with van der Waals surface area (Å²) in [6, 6.07) is 10.7. The van der Waals surface area contributed by atoms with Crippen LogP contribution in [-0.4, -0.2) is 136 Å². The Balaban J connectivity index is 1.89. The minimum absolute atomic E-state index is 0.0242. The van der Waals surface area contributed by atoms with E-state index in [2.05, 4.69) is 31.9 Å². The summed E-state index contributed by atoms with van der Waals surface area (Å²) in [5, 5.41) is 46.0. The minimum Gasteiger partial charge on any atom is -0.508 e. The Morgan fingerprint density at radius 2 is 1.27 bits per heavy atom. The maximum absolute atomic E-state index is 14.9. The van der Waals surface area contributed by atoms with Crippen molar-refractivity contribution in [2.75, 3.05) is 13.7 Å². The summed E-state index contributed by atoms with van der Waals surface area (Å²) in [6.45, 7) is 6.84. The number of carbonyl (C=O) groups excluding carboxylic acids is 9. The van der Waals surface area contributed by atoms with Crippen molar-refractivity contribution in [2.45, 2.75) is 115 Å². The van der Waals surface area contributed by atoms with Crippen molar-refractivity contribution in [1.29, 1.82) is 0 Å². The number of phenols is 1. The summed E-state index contributed by atoms with van der Waals surface area (Å²) in [4.78, 5) is 127. The van der Waals surface area contributed by atoms with Crippen LogP contribution in [0.5, 0.6) is 5.75 Å². The first-order valence-corrected chi connectivity index (χ1v) is 24.5. The molecule has 3 aromatic carbocycles. The number of rotatable bonds is 16. The van der Waals surface area contributed by atoms with Gasteiger partial charge in [-0.1, -0.05) is 106 Å². The van der Waals surface area contributed by atoms with Crippen LogP contribution in [0.15, 0.2) is 96.7 Å². The molecule has 1 aliphatic heterocycles. The van der Waals surface area contributed by atoms with Crippen LogP contribution >= 0.6 is 0 Å². The van der Waals surface area contributed by atoms with Crippen molar-refractivity contribution in [3.8, 4) is 5.75 Å². The number of ether oxygens (including phenoxy) is 1. The molecule has 1 fully saturated rings. The van der Waals surface area contributed by atoms with E-state index in [1.54, 1.807) is 56.3 Å². The summed E-state index contributed by atoms with van der Waals surface area (Å²) in [5.41, 5.74) is 7.28. The number of aliphatic hydroxyl groups is 2. The first-order chi connectivity index (χ1) is 35.6. The van der Waals surface area contributed by atoms with Crippen molar-refractivity contribution < 1.29 is 63.2 Å². The molecule has 21 nitrogen and oxygen atoms in total. The van der Waals surface area contributed by atoms with Gasteiger partial charge in [-0.05, 0) is 79.1 Å². The van der Waals surface area contributed by atoms with E-state index in [0.717, 1.165) is 36.3 Å². The molecule has 1 saturated heterocycles. The molecule has 0 aliphatic carbocycles. The van der Waals surface area contributed by atoms with E-state index in [1.807, 2.05) is 31.2 Å². The first kappa shape index (κ1) is 59.4. The van der Waals surface area contributed by atoms with Crippen LogP contribution in [0.1, 0.15) is 82.6 Å². The van der Waals surface area contributed by atoms with Crippen LogP contribution in [0.3, 0.4) is 0 Å². The second-order valence-electron chi connectivity index (χ2n) is 18.4. The van der Waals surface area contributed by atoms with Gasteiger partial charge in [0.05, 0.1) is 19.1 Å². The quantitative estimate of drug-likeness (QED) is 0.0711. The number of nitrogens with one attached hydrogen (secondary N) is 6. The molecule has 4 rings (SSSR count). The summed E-state index contributed by atoms with van der Waals surface area (Å²) < 4.78 is 5.70. The topological polar surface area (TPSA) is 325 Å². The van der Waals surface area contributed by atoms with Gasteiger partial charge in [0.15, 0.2) is 0 Å². The molecule has 75 heavy (non-hydrogen) atoms. The summed E-state index contributed by atoms with van der Waals surface area (Å²) in [7, 11) is 1.17. The van der Waals surface area contributed by atoms with Crippen LogP contribution in [0.25, 0.3) is 18.2 Å². The summed E-state index contributed by atoms with van der Waals surface area (Å²) in [6.07, 6.45) is 5.16. The number of hydrogen-bond donors (Lipinski definition) is 10. The Morgan fingerprint density at radius 3 is 1.87 bits per heavy atom. The first-order valence-electron chi connectivity index (χ1n) is 24.5. The van der Waals surface area contributed by atoms with Gasteiger partial charge in [0, 0.05) is 19.5 Å². The highest BCUT2D eigenvalue weighted by Gasteiger charge is 2.39. The van der Waals surface area contributed by atoms with Crippen LogP contribution in [-0.2, 0) is 54.3 Å². The van der Waals surface area contributed by atoms with Crippen LogP contribution < -0.4 is 37.6 Å². The van der Waals surface area contributed by atoms with Crippen LogP contribution in [0.4, 0.5) is 0 Å². The number of carbonyl (C=O) groups is 9. The highest BCUT2D eigenvalue weighted by atomic mass is 16.5. The fourth-order valence-corrected chi connectivity index (χ4v) is 7.71. The van der Waals surface area contributed by atoms with Crippen LogP contribution in [0, 0.1) is 5.92 Å². The van der Waals surface area contributed by atoms with E-state index in [0.29, 0.717) is 11.1 Å². The largest absolute Gasteiger partial charge is 0.508 e. The number of amides is 8. The number of nitrogens with two attached hydrogens (primary N) is 1. The number of likely N-dealkylation sites (N-methyl/N-ethyl adjacent to an activating group) is 1. The molecule has 11 N–H and O–H groups in total. The van der Waals surface area contributed by atoms with E-state index in [9.17, 15) is 58.5 Å². The molecule has 0 aromatic heterocycles. The lowest BCUT2D eigenvalue weighted by atomic mass is 10.00. The van der Waals surface area contributed by atoms with Gasteiger partial charge in [-0.15, -0.1) is 0 Å². The average molecular weight is 1040 g/mol. The van der Waals surface area contributed by atoms with Gasteiger partial charge in [0.1, 0.15) is 53.8 Å². The predicted molar refractivity (Wildman–Crippen MR) is 278 cm³/mol. The number of aliphatic hydroxyl groups excluding tert-OH is 2. The van der Waals surface area contributed by atoms with Gasteiger partial charge >= 0.3 is 5.97 Å². The highest BCUT2D eigenvalue weighted by Crippen LogP contribution is 2.19. The number of esters is 1. The number of phenolic OH excluding ortho intramolecular Hbond substituents is 1. The molecule has 1 aliphatic rings. The molecule has 3 aromatic rings. The Bertz CT molecular complexity index is 2600. The van der Waals surface area contributed by atoms with Crippen molar-refractivity contribution in [3.63, 3.8) is 0 Å². The van der Waals surface area contributed by atoms with Crippen LogP contribution in [0.2, 0.25) is 0 Å². The number of unbranched alkanes of at least 4 members (excludes halogenated alkanes) is 1. The molecular formula is C54H68N8O13. The second kappa shape index (κ2) is 28.9. The molecular weight excluding hydrogens is 969 g/mol. The predicted octanol–water partition coefficient (Wildman–Crippen LogP) is 1.11. The SMILES string of the molecule is CCCC=Cc1ccccc1C=CC(=O)OC(C)C1NC(=O)C(CO)NC(=O)C(CC(N)=O)NC(=O)C(C(C)O)NC(=O)C(Cc2ccccc2)NC(=O)C(CC(C)C)NC(=O)C(=Cc2ccc(O)cc2)N(C)C1=O. The van der Waals surface area contributed by atoms with Gasteiger partial charge in [-0.25, -0.2) is 4.79 Å². The Labute approximate surface area is 435 Å². The molecule has 21 heteroatoms. The van der Waals surface area contributed by atoms with Gasteiger partial charge < -0.3 is 62.6 Å². The molecule has 8 amide bonds. The Kier molecular flexibility index (Phi) is 22.9. The fraction of sp³-hybridized carbons (Fsp3) is 0.389. The second-order valence-corrected chi connectivity index (χ2v) is 18.4. The number of benzene rings is 3. The lowest BCUT2D eigenvalue weighted by Crippen LogP contribution is -2.62. The number of nitrogens with zero attached hydrogens (tertiary/aromatic N) is 1. The average Bonchev–Trinajstić information content (AvgIpc) is 3.36. The molecule has 0 saturated carbocycles. The summed E-state index contributed by atoms with van der Waals surface area (Å²) >= 11 is 0. The van der Waals surface area contributed by atoms with Crippen molar-refractivity contribution in [1.82, 2.24) is 36.8 Å². The molecule has 0 radical (unpaired) electrons. The Morgan fingerprint density at radius 1 is 0.707 bits per heavy atom. The van der Waals surface area contributed by atoms with Gasteiger partial charge in [0.2, 0.25) is 35.4 Å². The minimum atomic E-state index is -1.94. The van der Waals surface area contributed by atoms with Gasteiger partial charge in [0.25, 0.3) is 11.8 Å². The molecule has 8 atom stereocenters. The third-order valence-corrected chi connectivity index (χ3v) is 11.8. The highest BCUT2D eigenvalue weighted by molar-refractivity contribution is 6.05. The zero-order valence-electron chi connectivity index (χ0n) is 42.8. The van der Waals surface area contributed by atoms with Crippen molar-refractivity contribution >= 4 is 71.5 Å². The standard InChI is InChI=1S/C54H68N8O13/c1-7-8-10-17-36-18-13-14-19-37(36)22-25-45(67)75-33(5)47-54(74)62(6)43(28-35-20-23-38(65)24-21-35)52(72)57-39(26-31(2)3)48(68)56-40(27-34-15-11-9-12-16-34)50(70)60-46(32(4)64)53(73)58-41(29-44(55)66)49(69)59-42(30-63)51(71)61-47/h9-25,28,31-33,39-42,46-47,63-65H,7-8,26-27,29-30H2,1-6H3,(H2,55,66)(H,56,68)(H,57,72)(H,58,73)(H,59,69)(H,60,70)(H,61,71). The molecule has 1 heterocycles. The lowest BCUT2D eigenvalue weighted by Gasteiger charge is -2.31.